The van der Waals surface area contributed by atoms with Crippen LogP contribution >= 0.6 is 11.6 Å². The molecule has 0 saturated heterocycles. The average Bonchev–Trinajstić information content (AvgIpc) is 2.83. The number of fused-ring (bicyclic) bond motifs is 1. The quantitative estimate of drug-likeness (QED) is 0.422. The number of amides is 1. The van der Waals surface area contributed by atoms with E-state index in [0.717, 1.165) is 0 Å². The third kappa shape index (κ3) is 4.04. The van der Waals surface area contributed by atoms with Crippen LogP contribution < -0.4 is 5.32 Å². The minimum atomic E-state index is -1.38. The summed E-state index contributed by atoms with van der Waals surface area (Å²) in [5, 5.41) is 2.94. The van der Waals surface area contributed by atoms with Gasteiger partial charge in [-0.05, 0) is 45.4 Å². The van der Waals surface area contributed by atoms with Crippen LogP contribution in [0.2, 0.25) is 5.02 Å². The van der Waals surface area contributed by atoms with Crippen molar-refractivity contribution in [1.82, 2.24) is 5.32 Å². The zero-order valence-electron chi connectivity index (χ0n) is 16.6. The van der Waals surface area contributed by atoms with Gasteiger partial charge in [0.25, 0.3) is 5.91 Å². The predicted octanol–water partition coefficient (Wildman–Crippen LogP) is 2.88. The van der Waals surface area contributed by atoms with Gasteiger partial charge < -0.3 is 14.8 Å². The van der Waals surface area contributed by atoms with Crippen LogP contribution in [0.3, 0.4) is 0 Å². The Morgan fingerprint density at radius 3 is 2.14 bits per heavy atom. The van der Waals surface area contributed by atoms with Gasteiger partial charge in [-0.1, -0.05) is 18.5 Å². The molecule has 0 aliphatic carbocycles. The van der Waals surface area contributed by atoms with E-state index < -0.39 is 35.1 Å². The first-order valence-corrected chi connectivity index (χ1v) is 9.46. The largest absolute Gasteiger partial charge is 0.465 e. The Balaban J connectivity index is 2.43. The van der Waals surface area contributed by atoms with E-state index in [1.165, 1.54) is 13.0 Å². The zero-order valence-corrected chi connectivity index (χ0v) is 17.3. The molecule has 28 heavy (non-hydrogen) atoms. The van der Waals surface area contributed by atoms with Crippen molar-refractivity contribution in [3.8, 4) is 0 Å². The summed E-state index contributed by atoms with van der Waals surface area (Å²) in [5.41, 5.74) is 0.420. The highest BCUT2D eigenvalue weighted by molar-refractivity contribution is 6.35. The van der Waals surface area contributed by atoms with Gasteiger partial charge >= 0.3 is 11.9 Å². The molecule has 0 bridgehead atoms. The molecule has 1 N–H and O–H groups in total. The summed E-state index contributed by atoms with van der Waals surface area (Å²) in [6.45, 7) is 8.43. The van der Waals surface area contributed by atoms with E-state index in [4.69, 9.17) is 21.1 Å². The first kappa shape index (κ1) is 21.9. The molecule has 0 fully saturated rings. The summed E-state index contributed by atoms with van der Waals surface area (Å²) < 4.78 is 9.90. The molecule has 7 nitrogen and oxygen atoms in total. The number of hydrogen-bond acceptors (Lipinski definition) is 6. The molecule has 1 aliphatic rings. The average molecular weight is 410 g/mol. The molecule has 1 unspecified atom stereocenters. The molecule has 0 saturated carbocycles. The lowest BCUT2D eigenvalue weighted by Crippen LogP contribution is -2.37. The lowest BCUT2D eigenvalue weighted by molar-refractivity contribution is -0.163. The third-order valence-electron chi connectivity index (χ3n) is 4.70. The van der Waals surface area contributed by atoms with E-state index in [1.54, 1.807) is 33.8 Å². The standard InChI is InChI=1S/C20H24ClNO6/c1-6-27-18(25)14(19(26)28-7-2)10(3)16(23)11-8-12-15(13(21)9-11)17(24)22-20(12,4)5/h8-10,14H,6-7H2,1-5H3,(H,22,24). The highest BCUT2D eigenvalue weighted by Crippen LogP contribution is 2.36. The molecule has 1 aromatic rings. The molecule has 0 spiro atoms. The van der Waals surface area contributed by atoms with Crippen molar-refractivity contribution >= 4 is 35.2 Å². The van der Waals surface area contributed by atoms with E-state index in [-0.39, 0.29) is 29.7 Å². The van der Waals surface area contributed by atoms with Crippen molar-refractivity contribution in [3.05, 3.63) is 33.8 Å². The molecule has 0 radical (unpaired) electrons. The molecule has 1 heterocycles. The van der Waals surface area contributed by atoms with Crippen LogP contribution in [0.4, 0.5) is 0 Å². The fourth-order valence-corrected chi connectivity index (χ4v) is 3.57. The summed E-state index contributed by atoms with van der Waals surface area (Å²) >= 11 is 6.25. The number of Topliss-reactive ketones (excluding diaryl/α,β-unsaturated/α-hetero) is 1. The summed E-state index contributed by atoms with van der Waals surface area (Å²) in [5.74, 6) is -4.82. The summed E-state index contributed by atoms with van der Waals surface area (Å²) in [4.78, 5) is 49.8. The number of nitrogens with one attached hydrogen (secondary N) is 1. The topological polar surface area (TPSA) is 98.8 Å². The molecule has 152 valence electrons. The van der Waals surface area contributed by atoms with Gasteiger partial charge in [0.05, 0.1) is 29.3 Å². The van der Waals surface area contributed by atoms with Crippen molar-refractivity contribution in [2.45, 2.75) is 40.2 Å². The van der Waals surface area contributed by atoms with Crippen molar-refractivity contribution in [1.29, 1.82) is 0 Å². The molecule has 1 aromatic carbocycles. The fourth-order valence-electron chi connectivity index (χ4n) is 3.27. The second-order valence-corrected chi connectivity index (χ2v) is 7.50. The number of ketones is 1. The van der Waals surface area contributed by atoms with E-state index in [9.17, 15) is 19.2 Å². The molecule has 8 heteroatoms. The number of hydrogen-bond donors (Lipinski definition) is 1. The minimum Gasteiger partial charge on any atom is -0.465 e. The summed E-state index contributed by atoms with van der Waals surface area (Å²) in [7, 11) is 0. The molecule has 2 rings (SSSR count). The zero-order chi connectivity index (χ0) is 21.2. The Morgan fingerprint density at radius 2 is 1.64 bits per heavy atom. The number of rotatable bonds is 7. The molecular formula is C20H24ClNO6. The predicted molar refractivity (Wildman–Crippen MR) is 102 cm³/mol. The molecule has 1 aliphatic heterocycles. The van der Waals surface area contributed by atoms with Crippen LogP contribution in [0.25, 0.3) is 0 Å². The van der Waals surface area contributed by atoms with Gasteiger partial charge in [0, 0.05) is 11.5 Å². The maximum atomic E-state index is 13.1. The summed E-state index contributed by atoms with van der Waals surface area (Å²) in [6.07, 6.45) is 0. The Labute approximate surface area is 168 Å². The highest BCUT2D eigenvalue weighted by Gasteiger charge is 2.41. The Hall–Kier alpha value is -2.41. The highest BCUT2D eigenvalue weighted by atomic mass is 35.5. The molecule has 1 amide bonds. The maximum Gasteiger partial charge on any atom is 0.321 e. The van der Waals surface area contributed by atoms with Gasteiger partial charge in [-0.3, -0.25) is 19.2 Å². The van der Waals surface area contributed by atoms with Crippen LogP contribution in [0.1, 0.15) is 60.9 Å². The van der Waals surface area contributed by atoms with Gasteiger partial charge in [-0.25, -0.2) is 0 Å². The third-order valence-corrected chi connectivity index (χ3v) is 4.99. The van der Waals surface area contributed by atoms with E-state index in [0.29, 0.717) is 11.1 Å². The van der Waals surface area contributed by atoms with Crippen molar-refractivity contribution < 1.29 is 28.7 Å². The lowest BCUT2D eigenvalue weighted by Gasteiger charge is -2.22. The van der Waals surface area contributed by atoms with E-state index >= 15 is 0 Å². The Kier molecular flexibility index (Phi) is 6.49. The second-order valence-electron chi connectivity index (χ2n) is 7.09. The fraction of sp³-hybridized carbons (Fsp3) is 0.500. The lowest BCUT2D eigenvalue weighted by atomic mass is 9.84. The number of ether oxygens (including phenoxy) is 2. The first-order chi connectivity index (χ1) is 13.0. The van der Waals surface area contributed by atoms with Gasteiger partial charge in [0.15, 0.2) is 11.7 Å². The number of carbonyl (C=O) groups excluding carboxylic acids is 4. The first-order valence-electron chi connectivity index (χ1n) is 9.09. The molecule has 1 atom stereocenters. The maximum absolute atomic E-state index is 13.1. The SMILES string of the molecule is CCOC(=O)C(C(=O)OCC)C(C)C(=O)c1cc(Cl)c2c(c1)C(C)(C)NC2=O. The Morgan fingerprint density at radius 1 is 1.11 bits per heavy atom. The van der Waals surface area contributed by atoms with Crippen molar-refractivity contribution in [3.63, 3.8) is 0 Å². The molecule has 0 aromatic heterocycles. The van der Waals surface area contributed by atoms with Crippen LogP contribution in [0.5, 0.6) is 0 Å². The summed E-state index contributed by atoms with van der Waals surface area (Å²) in [6, 6.07) is 2.96. The van der Waals surface area contributed by atoms with Gasteiger partial charge in [0.2, 0.25) is 0 Å². The van der Waals surface area contributed by atoms with Gasteiger partial charge in [-0.2, -0.15) is 0 Å². The Bertz CT molecular complexity index is 814. The van der Waals surface area contributed by atoms with Crippen LogP contribution in [-0.4, -0.2) is 36.8 Å². The van der Waals surface area contributed by atoms with Crippen molar-refractivity contribution in [2.24, 2.45) is 11.8 Å². The monoisotopic (exact) mass is 409 g/mol. The van der Waals surface area contributed by atoms with E-state index in [2.05, 4.69) is 5.32 Å². The van der Waals surface area contributed by atoms with Crippen molar-refractivity contribution in [2.75, 3.05) is 13.2 Å². The number of benzene rings is 1. The van der Waals surface area contributed by atoms with E-state index in [1.807, 2.05) is 0 Å². The van der Waals surface area contributed by atoms with Crippen LogP contribution in [0, 0.1) is 11.8 Å². The number of carbonyl (C=O) groups is 4. The second kappa shape index (κ2) is 8.31. The van der Waals surface area contributed by atoms with Crippen LogP contribution in [0.15, 0.2) is 12.1 Å². The smallest absolute Gasteiger partial charge is 0.321 e. The number of halogens is 1. The van der Waals surface area contributed by atoms with Crippen LogP contribution in [-0.2, 0) is 24.6 Å². The number of esters is 2. The normalized spacial score (nSPS) is 15.6. The van der Waals surface area contributed by atoms with Gasteiger partial charge in [0.1, 0.15) is 0 Å². The molecular weight excluding hydrogens is 386 g/mol. The van der Waals surface area contributed by atoms with Gasteiger partial charge in [-0.15, -0.1) is 0 Å². The minimum absolute atomic E-state index is 0.0717.